The van der Waals surface area contributed by atoms with Gasteiger partial charge in [-0.05, 0) is 43.7 Å². The van der Waals surface area contributed by atoms with Gasteiger partial charge in [0.2, 0.25) is 10.0 Å². The average Bonchev–Trinajstić information content (AvgIpc) is 3.22. The average molecular weight is 388 g/mol. The predicted octanol–water partition coefficient (Wildman–Crippen LogP) is 2.16. The van der Waals surface area contributed by atoms with Crippen LogP contribution in [0.4, 0.5) is 0 Å². The summed E-state index contributed by atoms with van der Waals surface area (Å²) in [6.07, 6.45) is 0.899. The van der Waals surface area contributed by atoms with Crippen LogP contribution in [-0.2, 0) is 10.0 Å². The monoisotopic (exact) mass is 387 g/mol. The fourth-order valence-corrected chi connectivity index (χ4v) is 4.52. The first-order valence-corrected chi connectivity index (χ1v) is 10.5. The molecule has 1 fully saturated rings. The lowest BCUT2D eigenvalue weighted by molar-refractivity contribution is 0.0743. The van der Waals surface area contributed by atoms with E-state index in [9.17, 15) is 13.2 Å². The van der Waals surface area contributed by atoms with Crippen LogP contribution in [0, 0.1) is 0 Å². The highest BCUT2D eigenvalue weighted by atomic mass is 32.2. The number of hydrogen-bond donors (Lipinski definition) is 2. The second kappa shape index (κ2) is 8.21. The van der Waals surface area contributed by atoms with Gasteiger partial charge in [0.15, 0.2) is 0 Å². The molecule has 1 aliphatic rings. The molecule has 1 saturated heterocycles. The van der Waals surface area contributed by atoms with Gasteiger partial charge in [0.25, 0.3) is 5.91 Å². The smallest absolute Gasteiger partial charge is 0.253 e. The summed E-state index contributed by atoms with van der Waals surface area (Å²) in [7, 11) is -1.98. The normalized spacial score (nSPS) is 18.2. The van der Waals surface area contributed by atoms with Crippen molar-refractivity contribution in [3.05, 3.63) is 65.7 Å². The minimum Gasteiger partial charge on any atom is -0.337 e. The Hall–Kier alpha value is -2.22. The molecular formula is C20H25N3O3S. The molecule has 2 aromatic rings. The molecule has 2 N–H and O–H groups in total. The maximum absolute atomic E-state index is 12.8. The third kappa shape index (κ3) is 4.55. The van der Waals surface area contributed by atoms with Crippen molar-refractivity contribution < 1.29 is 13.2 Å². The lowest BCUT2D eigenvalue weighted by atomic mass is 10.1. The maximum Gasteiger partial charge on any atom is 0.253 e. The van der Waals surface area contributed by atoms with E-state index in [-0.39, 0.29) is 22.9 Å². The molecule has 2 aromatic carbocycles. The molecule has 3 rings (SSSR count). The lowest BCUT2D eigenvalue weighted by Gasteiger charge is -2.24. The number of amides is 1. The van der Waals surface area contributed by atoms with Crippen molar-refractivity contribution in [1.82, 2.24) is 14.9 Å². The Bertz CT molecular complexity index is 894. The number of likely N-dealkylation sites (N-methyl/N-ethyl adjacent to an activating group) is 1. The first kappa shape index (κ1) is 19.5. The van der Waals surface area contributed by atoms with E-state index < -0.39 is 10.0 Å². The Kier molecular flexibility index (Phi) is 5.94. The SMILES string of the molecule is CC(NS(=O)(=O)c1cccc(C(=O)N(C)C2CCNC2)c1)c1ccccc1. The molecule has 6 nitrogen and oxygen atoms in total. The third-order valence-electron chi connectivity index (χ3n) is 4.93. The Balaban J connectivity index is 1.78. The standard InChI is InChI=1S/C20H25N3O3S/c1-15(16-7-4-3-5-8-16)22-27(25,26)19-10-6-9-17(13-19)20(24)23(2)18-11-12-21-14-18/h3-10,13,15,18,21-22H,11-12,14H2,1-2H3. The van der Waals surface area contributed by atoms with Gasteiger partial charge >= 0.3 is 0 Å². The Labute approximate surface area is 160 Å². The van der Waals surface area contributed by atoms with E-state index in [1.165, 1.54) is 12.1 Å². The van der Waals surface area contributed by atoms with Gasteiger partial charge in [-0.3, -0.25) is 4.79 Å². The van der Waals surface area contributed by atoms with Gasteiger partial charge in [0.05, 0.1) is 4.90 Å². The van der Waals surface area contributed by atoms with Crippen LogP contribution in [0.2, 0.25) is 0 Å². The van der Waals surface area contributed by atoms with Crippen molar-refractivity contribution in [2.24, 2.45) is 0 Å². The van der Waals surface area contributed by atoms with Crippen molar-refractivity contribution in [3.8, 4) is 0 Å². The van der Waals surface area contributed by atoms with Gasteiger partial charge in [-0.2, -0.15) is 0 Å². The number of carbonyl (C=O) groups excluding carboxylic acids is 1. The van der Waals surface area contributed by atoms with Crippen LogP contribution in [0.3, 0.4) is 0 Å². The molecule has 2 atom stereocenters. The summed E-state index contributed by atoms with van der Waals surface area (Å²) in [6.45, 7) is 3.44. The van der Waals surface area contributed by atoms with E-state index >= 15 is 0 Å². The summed E-state index contributed by atoms with van der Waals surface area (Å²) >= 11 is 0. The third-order valence-corrected chi connectivity index (χ3v) is 6.46. The number of carbonyl (C=O) groups is 1. The van der Waals surface area contributed by atoms with E-state index in [4.69, 9.17) is 0 Å². The van der Waals surface area contributed by atoms with Crippen molar-refractivity contribution in [1.29, 1.82) is 0 Å². The van der Waals surface area contributed by atoms with E-state index in [1.807, 2.05) is 30.3 Å². The van der Waals surface area contributed by atoms with E-state index in [0.29, 0.717) is 5.56 Å². The molecule has 0 radical (unpaired) electrons. The number of rotatable bonds is 6. The zero-order valence-electron chi connectivity index (χ0n) is 15.6. The largest absolute Gasteiger partial charge is 0.337 e. The van der Waals surface area contributed by atoms with Crippen LogP contribution in [0.25, 0.3) is 0 Å². The number of sulfonamides is 1. The van der Waals surface area contributed by atoms with Crippen molar-refractivity contribution in [2.75, 3.05) is 20.1 Å². The van der Waals surface area contributed by atoms with E-state index in [1.54, 1.807) is 31.0 Å². The van der Waals surface area contributed by atoms with Crippen LogP contribution < -0.4 is 10.0 Å². The summed E-state index contributed by atoms with van der Waals surface area (Å²) in [5, 5.41) is 3.23. The van der Waals surface area contributed by atoms with Crippen LogP contribution in [-0.4, -0.2) is 45.4 Å². The van der Waals surface area contributed by atoms with Gasteiger partial charge in [0.1, 0.15) is 0 Å². The second-order valence-corrected chi connectivity index (χ2v) is 8.56. The molecule has 0 spiro atoms. The van der Waals surface area contributed by atoms with E-state index in [2.05, 4.69) is 10.0 Å². The fraction of sp³-hybridized carbons (Fsp3) is 0.350. The Morgan fingerprint density at radius 2 is 1.93 bits per heavy atom. The van der Waals surface area contributed by atoms with E-state index in [0.717, 1.165) is 25.1 Å². The highest BCUT2D eigenvalue weighted by Crippen LogP contribution is 2.19. The number of benzene rings is 2. The molecule has 1 heterocycles. The van der Waals surface area contributed by atoms with Crippen LogP contribution in [0.1, 0.15) is 35.3 Å². The quantitative estimate of drug-likeness (QED) is 0.796. The number of hydrogen-bond acceptors (Lipinski definition) is 4. The molecule has 1 amide bonds. The maximum atomic E-state index is 12.8. The van der Waals surface area contributed by atoms with Crippen LogP contribution >= 0.6 is 0 Å². The van der Waals surface area contributed by atoms with Crippen molar-refractivity contribution in [2.45, 2.75) is 30.3 Å². The summed E-state index contributed by atoms with van der Waals surface area (Å²) < 4.78 is 28.2. The molecule has 0 aromatic heterocycles. The zero-order valence-corrected chi connectivity index (χ0v) is 16.4. The van der Waals surface area contributed by atoms with Gasteiger partial charge in [-0.15, -0.1) is 0 Å². The van der Waals surface area contributed by atoms with Gasteiger partial charge < -0.3 is 10.2 Å². The highest BCUT2D eigenvalue weighted by molar-refractivity contribution is 7.89. The molecule has 144 valence electrons. The highest BCUT2D eigenvalue weighted by Gasteiger charge is 2.25. The zero-order chi connectivity index (χ0) is 19.4. The first-order valence-electron chi connectivity index (χ1n) is 9.04. The molecule has 1 aliphatic heterocycles. The van der Waals surface area contributed by atoms with Crippen molar-refractivity contribution in [3.63, 3.8) is 0 Å². The molecule has 2 unspecified atom stereocenters. The fourth-order valence-electron chi connectivity index (χ4n) is 3.25. The molecular weight excluding hydrogens is 362 g/mol. The molecule has 0 aliphatic carbocycles. The van der Waals surface area contributed by atoms with Gasteiger partial charge in [-0.1, -0.05) is 36.4 Å². The van der Waals surface area contributed by atoms with Gasteiger partial charge in [0, 0.05) is 31.2 Å². The van der Waals surface area contributed by atoms with Crippen LogP contribution in [0.15, 0.2) is 59.5 Å². The Morgan fingerprint density at radius 1 is 1.19 bits per heavy atom. The van der Waals surface area contributed by atoms with Crippen LogP contribution in [0.5, 0.6) is 0 Å². The topological polar surface area (TPSA) is 78.5 Å². The number of nitrogens with zero attached hydrogens (tertiary/aromatic N) is 1. The minimum atomic E-state index is -3.74. The second-order valence-electron chi connectivity index (χ2n) is 6.84. The summed E-state index contributed by atoms with van der Waals surface area (Å²) in [5.74, 6) is -0.170. The molecule has 0 bridgehead atoms. The molecule has 27 heavy (non-hydrogen) atoms. The predicted molar refractivity (Wildman–Crippen MR) is 105 cm³/mol. The summed E-state index contributed by atoms with van der Waals surface area (Å²) in [5.41, 5.74) is 1.25. The molecule has 7 heteroatoms. The van der Waals surface area contributed by atoms with Gasteiger partial charge in [-0.25, -0.2) is 13.1 Å². The lowest BCUT2D eigenvalue weighted by Crippen LogP contribution is -2.38. The molecule has 0 saturated carbocycles. The first-order chi connectivity index (χ1) is 12.9. The summed E-state index contributed by atoms with van der Waals surface area (Å²) in [6, 6.07) is 15.3. The minimum absolute atomic E-state index is 0.0917. The van der Waals surface area contributed by atoms with Crippen molar-refractivity contribution >= 4 is 15.9 Å². The Morgan fingerprint density at radius 3 is 2.59 bits per heavy atom. The number of nitrogens with one attached hydrogen (secondary N) is 2. The summed E-state index contributed by atoms with van der Waals surface area (Å²) in [4.78, 5) is 14.5.